The molecular weight excluding hydrogens is 228 g/mol. The standard InChI is InChI=1S/C11H18N2O2.ClH/c1-4-15-10(14)9-5-8(6-13-9)11(2,3)7-12;/h5-6,13H,4,7,12H2,1-3H3;1H. The van der Waals surface area contributed by atoms with E-state index < -0.39 is 0 Å². The van der Waals surface area contributed by atoms with Gasteiger partial charge in [0.25, 0.3) is 0 Å². The Kier molecular flexibility index (Phi) is 5.55. The van der Waals surface area contributed by atoms with Crippen molar-refractivity contribution in [1.82, 2.24) is 4.98 Å². The van der Waals surface area contributed by atoms with Crippen molar-refractivity contribution in [2.24, 2.45) is 5.73 Å². The zero-order valence-corrected chi connectivity index (χ0v) is 10.7. The third kappa shape index (κ3) is 3.25. The maximum atomic E-state index is 11.4. The number of carbonyl (C=O) groups is 1. The fourth-order valence-corrected chi connectivity index (χ4v) is 1.23. The predicted molar refractivity (Wildman–Crippen MR) is 66.1 cm³/mol. The van der Waals surface area contributed by atoms with E-state index in [9.17, 15) is 4.79 Å². The highest BCUT2D eigenvalue weighted by Gasteiger charge is 2.21. The summed E-state index contributed by atoms with van der Waals surface area (Å²) < 4.78 is 4.89. The number of hydrogen-bond acceptors (Lipinski definition) is 3. The van der Waals surface area contributed by atoms with Gasteiger partial charge in [0.05, 0.1) is 6.61 Å². The maximum Gasteiger partial charge on any atom is 0.354 e. The van der Waals surface area contributed by atoms with Crippen LogP contribution in [0.1, 0.15) is 36.8 Å². The van der Waals surface area contributed by atoms with E-state index in [4.69, 9.17) is 10.5 Å². The first-order valence-electron chi connectivity index (χ1n) is 5.07. The second kappa shape index (κ2) is 5.92. The fourth-order valence-electron chi connectivity index (χ4n) is 1.23. The number of carbonyl (C=O) groups excluding carboxylic acids is 1. The largest absolute Gasteiger partial charge is 0.461 e. The van der Waals surface area contributed by atoms with E-state index in [1.54, 1.807) is 19.2 Å². The lowest BCUT2D eigenvalue weighted by Gasteiger charge is -2.20. The number of esters is 1. The first kappa shape index (κ1) is 15.0. The molecule has 0 saturated carbocycles. The van der Waals surface area contributed by atoms with Crippen molar-refractivity contribution in [2.75, 3.05) is 13.2 Å². The van der Waals surface area contributed by atoms with Gasteiger partial charge in [-0.15, -0.1) is 12.4 Å². The van der Waals surface area contributed by atoms with Crippen molar-refractivity contribution in [3.05, 3.63) is 23.5 Å². The lowest BCUT2D eigenvalue weighted by Crippen LogP contribution is -2.27. The van der Waals surface area contributed by atoms with Crippen molar-refractivity contribution < 1.29 is 9.53 Å². The minimum absolute atomic E-state index is 0. The molecule has 0 aromatic carbocycles. The first-order chi connectivity index (χ1) is 7.01. The smallest absolute Gasteiger partial charge is 0.354 e. The third-order valence-electron chi connectivity index (χ3n) is 2.47. The predicted octanol–water partition coefficient (Wildman–Crippen LogP) is 1.85. The van der Waals surface area contributed by atoms with Crippen LogP contribution in [0.2, 0.25) is 0 Å². The van der Waals surface area contributed by atoms with Crippen LogP contribution in [0.5, 0.6) is 0 Å². The van der Waals surface area contributed by atoms with E-state index in [1.807, 2.05) is 13.8 Å². The van der Waals surface area contributed by atoms with Gasteiger partial charge in [0, 0.05) is 18.2 Å². The maximum absolute atomic E-state index is 11.4. The quantitative estimate of drug-likeness (QED) is 0.797. The van der Waals surface area contributed by atoms with Crippen LogP contribution in [0.4, 0.5) is 0 Å². The molecule has 0 radical (unpaired) electrons. The minimum atomic E-state index is -0.323. The molecule has 0 aliphatic rings. The number of H-pyrrole nitrogens is 1. The van der Waals surface area contributed by atoms with Gasteiger partial charge in [0.15, 0.2) is 0 Å². The summed E-state index contributed by atoms with van der Waals surface area (Å²) in [6, 6.07) is 1.80. The zero-order valence-electron chi connectivity index (χ0n) is 9.87. The number of aromatic amines is 1. The normalized spacial score (nSPS) is 10.8. The Morgan fingerprint density at radius 1 is 1.56 bits per heavy atom. The molecule has 0 unspecified atom stereocenters. The van der Waals surface area contributed by atoms with Crippen molar-refractivity contribution in [3.8, 4) is 0 Å². The highest BCUT2D eigenvalue weighted by atomic mass is 35.5. The third-order valence-corrected chi connectivity index (χ3v) is 2.47. The average molecular weight is 247 g/mol. The van der Waals surface area contributed by atoms with E-state index in [2.05, 4.69) is 4.98 Å². The highest BCUT2D eigenvalue weighted by molar-refractivity contribution is 5.87. The van der Waals surface area contributed by atoms with Gasteiger partial charge in [0.2, 0.25) is 0 Å². The number of aromatic nitrogens is 1. The summed E-state index contributed by atoms with van der Waals surface area (Å²) >= 11 is 0. The Bertz CT molecular complexity index is 348. The van der Waals surface area contributed by atoms with Crippen LogP contribution in [-0.4, -0.2) is 24.1 Å². The highest BCUT2D eigenvalue weighted by Crippen LogP contribution is 2.22. The molecule has 16 heavy (non-hydrogen) atoms. The monoisotopic (exact) mass is 246 g/mol. The number of rotatable bonds is 4. The number of nitrogens with one attached hydrogen (secondary N) is 1. The molecule has 0 spiro atoms. The lowest BCUT2D eigenvalue weighted by molar-refractivity contribution is 0.0520. The molecule has 0 amide bonds. The molecule has 0 atom stereocenters. The van der Waals surface area contributed by atoms with Gasteiger partial charge in [-0.2, -0.15) is 0 Å². The molecule has 3 N–H and O–H groups in total. The van der Waals surface area contributed by atoms with Crippen LogP contribution in [0, 0.1) is 0 Å². The van der Waals surface area contributed by atoms with Crippen LogP contribution < -0.4 is 5.73 Å². The second-order valence-electron chi connectivity index (χ2n) is 4.11. The molecule has 0 aliphatic carbocycles. The Labute approximate surface area is 102 Å². The number of ether oxygens (including phenoxy) is 1. The van der Waals surface area contributed by atoms with Gasteiger partial charge >= 0.3 is 5.97 Å². The van der Waals surface area contributed by atoms with Gasteiger partial charge in [-0.05, 0) is 18.6 Å². The molecule has 0 aliphatic heterocycles. The molecule has 0 bridgehead atoms. The number of halogens is 1. The number of nitrogens with two attached hydrogens (primary N) is 1. The van der Waals surface area contributed by atoms with Crippen LogP contribution >= 0.6 is 12.4 Å². The molecule has 1 aromatic rings. The average Bonchev–Trinajstić information content (AvgIpc) is 2.67. The zero-order chi connectivity index (χ0) is 11.5. The summed E-state index contributed by atoms with van der Waals surface area (Å²) in [5.74, 6) is -0.323. The molecular formula is C11H19ClN2O2. The van der Waals surface area contributed by atoms with Crippen molar-refractivity contribution in [2.45, 2.75) is 26.2 Å². The van der Waals surface area contributed by atoms with Gasteiger partial charge in [-0.1, -0.05) is 13.8 Å². The van der Waals surface area contributed by atoms with E-state index in [-0.39, 0.29) is 23.8 Å². The molecule has 1 aromatic heterocycles. The molecule has 0 saturated heterocycles. The van der Waals surface area contributed by atoms with Crippen LogP contribution in [-0.2, 0) is 10.2 Å². The second-order valence-corrected chi connectivity index (χ2v) is 4.11. The van der Waals surface area contributed by atoms with Crippen LogP contribution in [0.3, 0.4) is 0 Å². The lowest BCUT2D eigenvalue weighted by atomic mass is 9.87. The van der Waals surface area contributed by atoms with E-state index in [0.29, 0.717) is 18.8 Å². The van der Waals surface area contributed by atoms with Crippen LogP contribution in [0.15, 0.2) is 12.3 Å². The molecule has 92 valence electrons. The summed E-state index contributed by atoms with van der Waals surface area (Å²) in [4.78, 5) is 14.3. The van der Waals surface area contributed by atoms with Crippen molar-refractivity contribution in [1.29, 1.82) is 0 Å². The molecule has 4 nitrogen and oxygen atoms in total. The van der Waals surface area contributed by atoms with E-state index in [0.717, 1.165) is 5.56 Å². The topological polar surface area (TPSA) is 68.1 Å². The number of hydrogen-bond donors (Lipinski definition) is 2. The SMILES string of the molecule is CCOC(=O)c1cc(C(C)(C)CN)c[nH]1.Cl. The molecule has 1 heterocycles. The van der Waals surface area contributed by atoms with Gasteiger partial charge in [0.1, 0.15) is 5.69 Å². The Balaban J connectivity index is 0.00000225. The van der Waals surface area contributed by atoms with Crippen molar-refractivity contribution in [3.63, 3.8) is 0 Å². The van der Waals surface area contributed by atoms with Crippen molar-refractivity contribution >= 4 is 18.4 Å². The molecule has 5 heteroatoms. The molecule has 0 fully saturated rings. The summed E-state index contributed by atoms with van der Waals surface area (Å²) in [6.07, 6.45) is 1.80. The summed E-state index contributed by atoms with van der Waals surface area (Å²) in [5, 5.41) is 0. The summed E-state index contributed by atoms with van der Waals surface area (Å²) in [6.45, 7) is 6.77. The minimum Gasteiger partial charge on any atom is -0.461 e. The van der Waals surface area contributed by atoms with Gasteiger partial charge in [-0.25, -0.2) is 4.79 Å². The Morgan fingerprint density at radius 2 is 2.19 bits per heavy atom. The Morgan fingerprint density at radius 3 is 2.69 bits per heavy atom. The van der Waals surface area contributed by atoms with E-state index in [1.165, 1.54) is 0 Å². The summed E-state index contributed by atoms with van der Waals surface area (Å²) in [5.41, 5.74) is 7.03. The fraction of sp³-hybridized carbons (Fsp3) is 0.545. The summed E-state index contributed by atoms with van der Waals surface area (Å²) in [7, 11) is 0. The molecule has 1 rings (SSSR count). The Hall–Kier alpha value is -1.00. The van der Waals surface area contributed by atoms with Crippen LogP contribution in [0.25, 0.3) is 0 Å². The van der Waals surface area contributed by atoms with E-state index >= 15 is 0 Å². The van der Waals surface area contributed by atoms with Gasteiger partial charge < -0.3 is 15.5 Å². The first-order valence-corrected chi connectivity index (χ1v) is 5.07. The van der Waals surface area contributed by atoms with Gasteiger partial charge in [-0.3, -0.25) is 0 Å².